The highest BCUT2D eigenvalue weighted by atomic mass is 79.9. The summed E-state index contributed by atoms with van der Waals surface area (Å²) in [5.74, 6) is -0.899. The lowest BCUT2D eigenvalue weighted by Gasteiger charge is -2.10. The quantitative estimate of drug-likeness (QED) is 0.632. The Bertz CT molecular complexity index is 660. The second kappa shape index (κ2) is 6.59. The van der Waals surface area contributed by atoms with Gasteiger partial charge in [0.2, 0.25) is 0 Å². The van der Waals surface area contributed by atoms with Crippen LogP contribution in [0.2, 0.25) is 0 Å². The van der Waals surface area contributed by atoms with E-state index >= 15 is 0 Å². The van der Waals surface area contributed by atoms with Gasteiger partial charge in [-0.3, -0.25) is 14.5 Å². The van der Waals surface area contributed by atoms with Crippen LogP contribution in [0.3, 0.4) is 0 Å². The van der Waals surface area contributed by atoms with Crippen molar-refractivity contribution < 1.29 is 19.4 Å². The number of thioether (sulfide) groups is 1. The Morgan fingerprint density at radius 2 is 2.29 bits per heavy atom. The van der Waals surface area contributed by atoms with Crippen molar-refractivity contribution in [1.29, 1.82) is 0 Å². The van der Waals surface area contributed by atoms with Crippen LogP contribution in [0.15, 0.2) is 27.6 Å². The molecule has 110 valence electrons. The number of carbonyl (C=O) groups excluding carboxylic acids is 1. The molecule has 0 saturated carbocycles. The van der Waals surface area contributed by atoms with Crippen molar-refractivity contribution in [2.45, 2.75) is 0 Å². The highest BCUT2D eigenvalue weighted by Crippen LogP contribution is 2.34. The normalized spacial score (nSPS) is 16.7. The summed E-state index contributed by atoms with van der Waals surface area (Å²) < 4.78 is 6.32. The van der Waals surface area contributed by atoms with Crippen molar-refractivity contribution in [2.24, 2.45) is 0 Å². The lowest BCUT2D eigenvalue weighted by molar-refractivity contribution is -0.140. The standard InChI is InChI=1S/C13H10BrNO4S2/c1-19-9-3-2-8(14)4-7(9)5-10-12(18)15(6-11(16)17)13(20)21-10/h2-5H,6H2,1H3,(H,16,17)/b10-5-. The molecule has 1 aliphatic rings. The molecule has 1 N–H and O–H groups in total. The van der Waals surface area contributed by atoms with Crippen LogP contribution in [-0.2, 0) is 9.59 Å². The van der Waals surface area contributed by atoms with Gasteiger partial charge in [0.25, 0.3) is 5.91 Å². The number of aliphatic carboxylic acids is 1. The maximum atomic E-state index is 12.2. The molecule has 5 nitrogen and oxygen atoms in total. The molecule has 1 aromatic rings. The number of benzene rings is 1. The molecule has 0 aromatic heterocycles. The van der Waals surface area contributed by atoms with Gasteiger partial charge in [-0.1, -0.05) is 39.9 Å². The number of rotatable bonds is 4. The predicted molar refractivity (Wildman–Crippen MR) is 88.2 cm³/mol. The van der Waals surface area contributed by atoms with Crippen LogP contribution in [0.5, 0.6) is 5.75 Å². The zero-order valence-corrected chi connectivity index (χ0v) is 14.0. The van der Waals surface area contributed by atoms with Crippen molar-refractivity contribution in [3.63, 3.8) is 0 Å². The van der Waals surface area contributed by atoms with Crippen LogP contribution >= 0.6 is 39.9 Å². The molecule has 0 bridgehead atoms. The molecule has 1 amide bonds. The van der Waals surface area contributed by atoms with Gasteiger partial charge in [0, 0.05) is 10.0 Å². The van der Waals surface area contributed by atoms with E-state index in [1.165, 1.54) is 7.11 Å². The molecule has 1 aromatic carbocycles. The van der Waals surface area contributed by atoms with Gasteiger partial charge in [-0.15, -0.1) is 0 Å². The first-order valence-corrected chi connectivity index (χ1v) is 7.75. The number of thiocarbonyl (C=S) groups is 1. The number of amides is 1. The molecule has 0 unspecified atom stereocenters. The van der Waals surface area contributed by atoms with Crippen molar-refractivity contribution in [2.75, 3.05) is 13.7 Å². The van der Waals surface area contributed by atoms with E-state index in [0.29, 0.717) is 16.2 Å². The average molecular weight is 388 g/mol. The minimum Gasteiger partial charge on any atom is -0.496 e. The number of carbonyl (C=O) groups is 2. The molecule has 0 spiro atoms. The molecule has 1 aliphatic heterocycles. The molecule has 8 heteroatoms. The molecule has 21 heavy (non-hydrogen) atoms. The first kappa shape index (κ1) is 16.0. The Kier molecular flexibility index (Phi) is 5.02. The van der Waals surface area contributed by atoms with E-state index in [1.54, 1.807) is 12.1 Å². The number of hydrogen-bond acceptors (Lipinski definition) is 5. The zero-order valence-electron chi connectivity index (χ0n) is 10.8. The van der Waals surface area contributed by atoms with E-state index in [0.717, 1.165) is 21.1 Å². The van der Waals surface area contributed by atoms with Crippen molar-refractivity contribution in [3.8, 4) is 5.75 Å². The highest BCUT2D eigenvalue weighted by molar-refractivity contribution is 9.10. The molecule has 2 rings (SSSR count). The van der Waals surface area contributed by atoms with Gasteiger partial charge in [-0.25, -0.2) is 0 Å². The third-order valence-corrected chi connectivity index (χ3v) is 4.52. The maximum absolute atomic E-state index is 12.2. The van der Waals surface area contributed by atoms with Crippen LogP contribution in [0.25, 0.3) is 6.08 Å². The Labute approximate surface area is 139 Å². The fourth-order valence-corrected chi connectivity index (χ4v) is 3.36. The van der Waals surface area contributed by atoms with Gasteiger partial charge < -0.3 is 9.84 Å². The fraction of sp³-hybridized carbons (Fsp3) is 0.154. The minimum atomic E-state index is -1.10. The second-order valence-corrected chi connectivity index (χ2v) is 6.64. The highest BCUT2D eigenvalue weighted by Gasteiger charge is 2.33. The summed E-state index contributed by atoms with van der Waals surface area (Å²) in [6, 6.07) is 5.41. The third-order valence-electron chi connectivity index (χ3n) is 2.65. The molecule has 1 saturated heterocycles. The Hall–Kier alpha value is -1.38. The zero-order chi connectivity index (χ0) is 15.6. The first-order chi connectivity index (χ1) is 9.92. The fourth-order valence-electron chi connectivity index (χ4n) is 1.73. The lowest BCUT2D eigenvalue weighted by Crippen LogP contribution is -2.33. The number of ether oxygens (including phenoxy) is 1. The number of carboxylic acids is 1. The number of hydrogen-bond donors (Lipinski definition) is 1. The largest absolute Gasteiger partial charge is 0.496 e. The van der Waals surface area contributed by atoms with E-state index < -0.39 is 18.4 Å². The van der Waals surface area contributed by atoms with Crippen LogP contribution in [0.1, 0.15) is 5.56 Å². The summed E-state index contributed by atoms with van der Waals surface area (Å²) in [4.78, 5) is 24.4. The van der Waals surface area contributed by atoms with E-state index in [-0.39, 0.29) is 4.32 Å². The van der Waals surface area contributed by atoms with Gasteiger partial charge in [0.05, 0.1) is 12.0 Å². The Balaban J connectivity index is 2.35. The Morgan fingerprint density at radius 3 is 2.90 bits per heavy atom. The monoisotopic (exact) mass is 387 g/mol. The number of nitrogens with zero attached hydrogens (tertiary/aromatic N) is 1. The summed E-state index contributed by atoms with van der Waals surface area (Å²) in [7, 11) is 1.54. The average Bonchev–Trinajstić information content (AvgIpc) is 2.66. The van der Waals surface area contributed by atoms with E-state index in [2.05, 4.69) is 15.9 Å². The van der Waals surface area contributed by atoms with Crippen LogP contribution < -0.4 is 4.74 Å². The summed E-state index contributed by atoms with van der Waals surface area (Å²) in [5.41, 5.74) is 0.711. The molecule has 1 fully saturated rings. The van der Waals surface area contributed by atoms with Gasteiger partial charge >= 0.3 is 5.97 Å². The van der Waals surface area contributed by atoms with Gasteiger partial charge in [0.1, 0.15) is 16.6 Å². The van der Waals surface area contributed by atoms with Crippen LogP contribution in [0.4, 0.5) is 0 Å². The predicted octanol–water partition coefficient (Wildman–Crippen LogP) is 2.74. The van der Waals surface area contributed by atoms with Gasteiger partial charge in [0.15, 0.2) is 0 Å². The third kappa shape index (κ3) is 3.63. The first-order valence-electron chi connectivity index (χ1n) is 5.73. The summed E-state index contributed by atoms with van der Waals surface area (Å²) >= 11 is 9.47. The topological polar surface area (TPSA) is 66.8 Å². The van der Waals surface area contributed by atoms with Gasteiger partial charge in [-0.05, 0) is 24.3 Å². The SMILES string of the molecule is COc1ccc(Br)cc1/C=C1\SC(=S)N(CC(=O)O)C1=O. The summed E-state index contributed by atoms with van der Waals surface area (Å²) in [6.45, 7) is -0.433. The minimum absolute atomic E-state index is 0.239. The number of carboxylic acid groups (broad SMARTS) is 1. The second-order valence-electron chi connectivity index (χ2n) is 4.05. The lowest BCUT2D eigenvalue weighted by atomic mass is 10.2. The van der Waals surface area contributed by atoms with Crippen molar-refractivity contribution >= 4 is 62.2 Å². The van der Waals surface area contributed by atoms with E-state index in [4.69, 9.17) is 22.1 Å². The molecular weight excluding hydrogens is 378 g/mol. The van der Waals surface area contributed by atoms with Crippen LogP contribution in [0, 0.1) is 0 Å². The van der Waals surface area contributed by atoms with Crippen molar-refractivity contribution in [3.05, 3.63) is 33.1 Å². The smallest absolute Gasteiger partial charge is 0.323 e. The molecular formula is C13H10BrNO4S2. The van der Waals surface area contributed by atoms with Gasteiger partial charge in [-0.2, -0.15) is 0 Å². The van der Waals surface area contributed by atoms with E-state index in [9.17, 15) is 9.59 Å². The summed E-state index contributed by atoms with van der Waals surface area (Å²) in [5, 5.41) is 8.80. The maximum Gasteiger partial charge on any atom is 0.323 e. The molecule has 0 radical (unpaired) electrons. The van der Waals surface area contributed by atoms with E-state index in [1.807, 2.05) is 12.1 Å². The summed E-state index contributed by atoms with van der Waals surface area (Å²) in [6.07, 6.45) is 1.64. The molecule has 1 heterocycles. The number of methoxy groups -OCH3 is 1. The molecule has 0 atom stereocenters. The Morgan fingerprint density at radius 1 is 1.57 bits per heavy atom. The van der Waals surface area contributed by atoms with Crippen LogP contribution in [-0.4, -0.2) is 39.9 Å². The number of halogens is 1. The molecule has 0 aliphatic carbocycles. The van der Waals surface area contributed by atoms with Crippen molar-refractivity contribution in [1.82, 2.24) is 4.90 Å².